The van der Waals surface area contributed by atoms with E-state index < -0.39 is 0 Å². The summed E-state index contributed by atoms with van der Waals surface area (Å²) in [7, 11) is 1.63. The third-order valence-electron chi connectivity index (χ3n) is 7.38. The summed E-state index contributed by atoms with van der Waals surface area (Å²) in [6.07, 6.45) is 4.81. The van der Waals surface area contributed by atoms with Crippen LogP contribution in [0.4, 0.5) is 15.9 Å². The highest BCUT2D eigenvalue weighted by molar-refractivity contribution is 7.15. The Bertz CT molecular complexity index is 1590. The number of halogens is 1. The van der Waals surface area contributed by atoms with Gasteiger partial charge in [0.05, 0.1) is 24.9 Å². The zero-order chi connectivity index (χ0) is 30.9. The molecule has 0 bridgehead atoms. The van der Waals surface area contributed by atoms with Gasteiger partial charge >= 0.3 is 0 Å². The van der Waals surface area contributed by atoms with E-state index in [0.717, 1.165) is 39.9 Å². The van der Waals surface area contributed by atoms with E-state index in [2.05, 4.69) is 86.8 Å². The molecule has 0 saturated heterocycles. The molecule has 0 spiro atoms. The van der Waals surface area contributed by atoms with Crippen molar-refractivity contribution in [2.75, 3.05) is 12.4 Å². The van der Waals surface area contributed by atoms with Crippen molar-refractivity contribution in [1.82, 2.24) is 10.3 Å². The van der Waals surface area contributed by atoms with Crippen LogP contribution in [0.1, 0.15) is 55.7 Å². The molecule has 1 atom stereocenters. The predicted octanol–water partition coefficient (Wildman–Crippen LogP) is 9.75. The first-order valence-electron chi connectivity index (χ1n) is 14.6. The molecule has 7 heteroatoms. The van der Waals surface area contributed by atoms with E-state index >= 15 is 0 Å². The van der Waals surface area contributed by atoms with Crippen LogP contribution in [0, 0.1) is 17.7 Å². The monoisotopic (exact) mass is 596 g/mol. The standard InChI is InChI=1S/C36H41FN4OS/c1-8-24(4)20-40-32-15-11-28(19-31(32)25(5)23(2)3)34-16-14-30(43-34)22-41-36-35(33(42-7)17-18-38-36)26(6)39-21-27-9-12-29(37)13-10-27/h9-20,23-24,39H,5-6,8,21-22H2,1-4,7H3,(H,38,41). The molecule has 0 radical (unpaired) electrons. The number of hydrogen-bond donors (Lipinski definition) is 2. The lowest BCUT2D eigenvalue weighted by atomic mass is 9.94. The van der Waals surface area contributed by atoms with Crippen LogP contribution >= 0.6 is 11.3 Å². The maximum absolute atomic E-state index is 13.3. The third kappa shape index (κ3) is 8.20. The van der Waals surface area contributed by atoms with Gasteiger partial charge in [-0.15, -0.1) is 11.3 Å². The number of benzene rings is 2. The number of methoxy groups -OCH3 is 1. The first kappa shape index (κ1) is 31.7. The normalized spacial score (nSPS) is 12.0. The number of thiophene rings is 1. The summed E-state index contributed by atoms with van der Waals surface area (Å²) >= 11 is 1.74. The van der Waals surface area contributed by atoms with Gasteiger partial charge in [-0.05, 0) is 77.4 Å². The van der Waals surface area contributed by atoms with Gasteiger partial charge in [0.2, 0.25) is 0 Å². The van der Waals surface area contributed by atoms with Crippen molar-refractivity contribution in [1.29, 1.82) is 0 Å². The van der Waals surface area contributed by atoms with E-state index in [0.29, 0.717) is 42.2 Å². The van der Waals surface area contributed by atoms with E-state index in [-0.39, 0.29) is 5.82 Å². The summed E-state index contributed by atoms with van der Waals surface area (Å²) in [6.45, 7) is 18.4. The van der Waals surface area contributed by atoms with Crippen molar-refractivity contribution in [3.63, 3.8) is 0 Å². The highest BCUT2D eigenvalue weighted by Crippen LogP contribution is 2.37. The van der Waals surface area contributed by atoms with E-state index in [1.54, 1.807) is 36.8 Å². The lowest BCUT2D eigenvalue weighted by Crippen LogP contribution is -2.14. The molecule has 0 fully saturated rings. The van der Waals surface area contributed by atoms with Crippen molar-refractivity contribution in [3.8, 4) is 16.2 Å². The molecule has 0 aliphatic carbocycles. The van der Waals surface area contributed by atoms with Gasteiger partial charge < -0.3 is 15.4 Å². The maximum Gasteiger partial charge on any atom is 0.139 e. The second-order valence-electron chi connectivity index (χ2n) is 10.9. The number of nitrogens with one attached hydrogen (secondary N) is 2. The van der Waals surface area contributed by atoms with Crippen LogP contribution in [0.25, 0.3) is 21.7 Å². The summed E-state index contributed by atoms with van der Waals surface area (Å²) < 4.78 is 18.9. The first-order valence-corrected chi connectivity index (χ1v) is 15.4. The fourth-order valence-corrected chi connectivity index (χ4v) is 5.36. The molecule has 1 unspecified atom stereocenters. The molecule has 0 aliphatic rings. The minimum atomic E-state index is -0.260. The molecular weight excluding hydrogens is 555 g/mol. The number of nitrogens with zero attached hydrogens (tertiary/aromatic N) is 2. The SMILES string of the molecule is C=C(NCc1ccc(F)cc1)c1c(OC)ccnc1NCc1ccc(-c2ccc(N=CC(C)CC)c(C(=C)C(C)C)c2)s1. The molecular formula is C36H41FN4OS. The van der Waals surface area contributed by atoms with E-state index in [1.807, 2.05) is 12.3 Å². The third-order valence-corrected chi connectivity index (χ3v) is 8.52. The highest BCUT2D eigenvalue weighted by atomic mass is 32.1. The molecule has 4 rings (SSSR count). The van der Waals surface area contributed by atoms with E-state index in [4.69, 9.17) is 9.73 Å². The van der Waals surface area contributed by atoms with Gasteiger partial charge in [-0.25, -0.2) is 9.37 Å². The van der Waals surface area contributed by atoms with Gasteiger partial charge in [-0.1, -0.05) is 59.1 Å². The quantitative estimate of drug-likeness (QED) is 0.142. The average molecular weight is 597 g/mol. The minimum absolute atomic E-state index is 0.260. The van der Waals surface area contributed by atoms with Gasteiger partial charge in [0.25, 0.3) is 0 Å². The second-order valence-corrected chi connectivity index (χ2v) is 12.1. The Morgan fingerprint density at radius 3 is 2.51 bits per heavy atom. The van der Waals surface area contributed by atoms with Crippen molar-refractivity contribution < 1.29 is 9.13 Å². The maximum atomic E-state index is 13.3. The molecule has 0 aliphatic heterocycles. The molecule has 5 nitrogen and oxygen atoms in total. The Morgan fingerprint density at radius 2 is 1.81 bits per heavy atom. The van der Waals surface area contributed by atoms with E-state index in [9.17, 15) is 4.39 Å². The van der Waals surface area contributed by atoms with Gasteiger partial charge in [-0.2, -0.15) is 0 Å². The number of rotatable bonds is 14. The Balaban J connectivity index is 1.51. The molecule has 2 aromatic heterocycles. The largest absolute Gasteiger partial charge is 0.496 e. The van der Waals surface area contributed by atoms with Crippen molar-refractivity contribution in [2.45, 2.75) is 47.2 Å². The average Bonchev–Trinajstić information content (AvgIpc) is 3.50. The Morgan fingerprint density at radius 1 is 1.05 bits per heavy atom. The first-order chi connectivity index (χ1) is 20.7. The zero-order valence-electron chi connectivity index (χ0n) is 25.7. The second kappa shape index (κ2) is 14.8. The van der Waals surface area contributed by atoms with Crippen LogP contribution in [0.5, 0.6) is 5.75 Å². The summed E-state index contributed by atoms with van der Waals surface area (Å²) in [5.74, 6) is 1.82. The lowest BCUT2D eigenvalue weighted by molar-refractivity contribution is 0.413. The molecule has 2 aromatic carbocycles. The van der Waals surface area contributed by atoms with Crippen molar-refractivity contribution >= 4 is 40.3 Å². The Kier molecular flexibility index (Phi) is 10.9. The summed E-state index contributed by atoms with van der Waals surface area (Å²) in [5, 5.41) is 6.81. The Hall–Kier alpha value is -4.23. The fourth-order valence-electron chi connectivity index (χ4n) is 4.42. The smallest absolute Gasteiger partial charge is 0.139 e. The summed E-state index contributed by atoms with van der Waals surface area (Å²) in [6, 6.07) is 19.0. The highest BCUT2D eigenvalue weighted by Gasteiger charge is 2.16. The summed E-state index contributed by atoms with van der Waals surface area (Å²) in [4.78, 5) is 11.7. The van der Waals surface area contributed by atoms with Crippen LogP contribution in [0.2, 0.25) is 0 Å². The van der Waals surface area contributed by atoms with Gasteiger partial charge in [0.15, 0.2) is 0 Å². The fraction of sp³-hybridized carbons (Fsp3) is 0.278. The number of ether oxygens (including phenoxy) is 1. The number of allylic oxidation sites excluding steroid dienone is 1. The predicted molar refractivity (Wildman–Crippen MR) is 182 cm³/mol. The molecule has 4 aromatic rings. The van der Waals surface area contributed by atoms with Gasteiger partial charge in [-0.3, -0.25) is 4.99 Å². The topological polar surface area (TPSA) is 58.5 Å². The Labute approximate surface area is 259 Å². The minimum Gasteiger partial charge on any atom is -0.496 e. The lowest BCUT2D eigenvalue weighted by Gasteiger charge is -2.17. The van der Waals surface area contributed by atoms with Crippen LogP contribution < -0.4 is 15.4 Å². The van der Waals surface area contributed by atoms with Crippen LogP contribution in [-0.4, -0.2) is 18.3 Å². The molecule has 0 amide bonds. The number of anilines is 1. The number of aliphatic imine (C=N–C) groups is 1. The van der Waals surface area contributed by atoms with Crippen molar-refractivity contribution in [3.05, 3.63) is 107 Å². The summed E-state index contributed by atoms with van der Waals surface area (Å²) in [5.41, 5.74) is 6.66. The van der Waals surface area contributed by atoms with Gasteiger partial charge in [0, 0.05) is 40.0 Å². The number of aromatic nitrogens is 1. The van der Waals surface area contributed by atoms with Crippen molar-refractivity contribution in [2.24, 2.45) is 16.8 Å². The van der Waals surface area contributed by atoms with E-state index in [1.165, 1.54) is 21.9 Å². The molecule has 224 valence electrons. The number of pyridine rings is 1. The van der Waals surface area contributed by atoms with Crippen LogP contribution in [0.3, 0.4) is 0 Å². The molecule has 43 heavy (non-hydrogen) atoms. The number of hydrogen-bond acceptors (Lipinski definition) is 6. The van der Waals surface area contributed by atoms with Crippen LogP contribution in [-0.2, 0) is 13.1 Å². The molecule has 2 heterocycles. The molecule has 0 saturated carbocycles. The van der Waals surface area contributed by atoms with Crippen LogP contribution in [0.15, 0.2) is 85.0 Å². The zero-order valence-corrected chi connectivity index (χ0v) is 26.5. The molecule has 2 N–H and O–H groups in total. The van der Waals surface area contributed by atoms with Gasteiger partial charge in [0.1, 0.15) is 17.4 Å².